The lowest BCUT2D eigenvalue weighted by atomic mass is 9.95. The van der Waals surface area contributed by atoms with Gasteiger partial charge in [-0.25, -0.2) is 0 Å². The molecule has 8 heteroatoms. The fourth-order valence-corrected chi connectivity index (χ4v) is 4.98. The van der Waals surface area contributed by atoms with Crippen molar-refractivity contribution in [1.29, 1.82) is 0 Å². The van der Waals surface area contributed by atoms with Gasteiger partial charge in [-0.05, 0) is 86.4 Å². The molecule has 2 saturated carbocycles. The molecule has 0 saturated heterocycles. The molecule has 1 aromatic heterocycles. The second-order valence-corrected chi connectivity index (χ2v) is 10.0. The number of carbonyl (C=O) groups excluding carboxylic acids is 2. The summed E-state index contributed by atoms with van der Waals surface area (Å²) in [5.41, 5.74) is 3.10. The first-order valence-electron chi connectivity index (χ1n) is 13.0. The third kappa shape index (κ3) is 5.38. The van der Waals surface area contributed by atoms with E-state index in [4.69, 9.17) is 4.74 Å². The van der Waals surface area contributed by atoms with Crippen LogP contribution in [0.4, 0.5) is 13.2 Å². The highest BCUT2D eigenvalue weighted by Gasteiger charge is 2.35. The first-order valence-corrected chi connectivity index (χ1v) is 13.0. The van der Waals surface area contributed by atoms with Gasteiger partial charge in [-0.2, -0.15) is 13.2 Å². The second-order valence-electron chi connectivity index (χ2n) is 10.0. The summed E-state index contributed by atoms with van der Waals surface area (Å²) in [5.74, 6) is 0.0786. The topological polar surface area (TPSA) is 51.5 Å². The van der Waals surface area contributed by atoms with Crippen LogP contribution in [0.3, 0.4) is 0 Å². The number of aromatic nitrogens is 1. The van der Waals surface area contributed by atoms with E-state index >= 15 is 0 Å². The van der Waals surface area contributed by atoms with Crippen molar-refractivity contribution in [3.8, 4) is 11.1 Å². The summed E-state index contributed by atoms with van der Waals surface area (Å²) in [5, 5.41) is 0.881. The predicted octanol–water partition coefficient (Wildman–Crippen LogP) is 6.53. The number of rotatable bonds is 9. The lowest BCUT2D eigenvalue weighted by Gasteiger charge is -2.23. The number of esters is 1. The van der Waals surface area contributed by atoms with Crippen molar-refractivity contribution < 1.29 is 27.5 Å². The first-order chi connectivity index (χ1) is 17.7. The molecule has 0 radical (unpaired) electrons. The van der Waals surface area contributed by atoms with Crippen LogP contribution in [-0.2, 0) is 33.6 Å². The smallest absolute Gasteiger partial charge is 0.416 e. The van der Waals surface area contributed by atoms with Crippen LogP contribution in [0.25, 0.3) is 22.0 Å². The van der Waals surface area contributed by atoms with E-state index in [0.29, 0.717) is 23.6 Å². The first kappa shape index (κ1) is 25.4. The van der Waals surface area contributed by atoms with Crippen LogP contribution in [0.5, 0.6) is 0 Å². The molecule has 5 nitrogen and oxygen atoms in total. The molecule has 1 amide bonds. The van der Waals surface area contributed by atoms with Gasteiger partial charge in [0.1, 0.15) is 6.54 Å². The van der Waals surface area contributed by atoms with Gasteiger partial charge in [-0.1, -0.05) is 12.1 Å². The van der Waals surface area contributed by atoms with Crippen molar-refractivity contribution in [2.24, 2.45) is 5.92 Å². The van der Waals surface area contributed by atoms with Crippen molar-refractivity contribution in [2.45, 2.75) is 64.7 Å². The summed E-state index contributed by atoms with van der Waals surface area (Å²) < 4.78 is 48.1. The van der Waals surface area contributed by atoms with Gasteiger partial charge in [-0.3, -0.25) is 9.59 Å². The zero-order chi connectivity index (χ0) is 26.3. The van der Waals surface area contributed by atoms with E-state index < -0.39 is 11.7 Å². The maximum absolute atomic E-state index is 13.7. The van der Waals surface area contributed by atoms with Crippen LogP contribution in [0.1, 0.15) is 62.1 Å². The SMILES string of the molecule is CCOC(=O)Cn1cc(-c2ccc(C(F)(F)F)cc2CN(CC)C(=O)C2CC2)c2cc(C3CC3)ccc21. The molecule has 0 N–H and O–H groups in total. The number of hydrogen-bond acceptors (Lipinski definition) is 3. The van der Waals surface area contributed by atoms with E-state index in [2.05, 4.69) is 12.1 Å². The number of alkyl halides is 3. The van der Waals surface area contributed by atoms with Gasteiger partial charge in [0.05, 0.1) is 12.2 Å². The molecule has 0 spiro atoms. The van der Waals surface area contributed by atoms with Crippen molar-refractivity contribution in [3.05, 3.63) is 59.3 Å². The van der Waals surface area contributed by atoms with Crippen molar-refractivity contribution in [2.75, 3.05) is 13.2 Å². The van der Waals surface area contributed by atoms with Crippen molar-refractivity contribution >= 4 is 22.8 Å². The van der Waals surface area contributed by atoms with E-state index in [1.54, 1.807) is 16.4 Å². The Hall–Kier alpha value is -3.29. The highest BCUT2D eigenvalue weighted by Crippen LogP contribution is 2.43. The Morgan fingerprint density at radius 1 is 1.03 bits per heavy atom. The molecule has 1 heterocycles. The monoisotopic (exact) mass is 512 g/mol. The summed E-state index contributed by atoms with van der Waals surface area (Å²) in [6.45, 7) is 4.38. The Kier molecular flexibility index (Phi) is 6.77. The predicted molar refractivity (Wildman–Crippen MR) is 135 cm³/mol. The number of ether oxygens (including phenoxy) is 1. The van der Waals surface area contributed by atoms with Gasteiger partial charge in [0, 0.05) is 41.7 Å². The minimum absolute atomic E-state index is 0.00430. The van der Waals surface area contributed by atoms with Crippen LogP contribution >= 0.6 is 0 Å². The van der Waals surface area contributed by atoms with Gasteiger partial charge in [-0.15, -0.1) is 0 Å². The molecule has 5 rings (SSSR count). The van der Waals surface area contributed by atoms with Gasteiger partial charge < -0.3 is 14.2 Å². The lowest BCUT2D eigenvalue weighted by molar-refractivity contribution is -0.143. The minimum atomic E-state index is -4.50. The van der Waals surface area contributed by atoms with E-state index in [-0.39, 0.29) is 37.5 Å². The molecule has 3 aromatic rings. The average Bonchev–Trinajstić information content (AvgIpc) is 3.78. The number of nitrogens with zero attached hydrogens (tertiary/aromatic N) is 2. The van der Waals surface area contributed by atoms with Crippen LogP contribution in [-0.4, -0.2) is 34.5 Å². The highest BCUT2D eigenvalue weighted by atomic mass is 19.4. The van der Waals surface area contributed by atoms with Gasteiger partial charge in [0.2, 0.25) is 5.91 Å². The molecule has 2 fully saturated rings. The second kappa shape index (κ2) is 9.88. The van der Waals surface area contributed by atoms with Gasteiger partial charge in [0.25, 0.3) is 0 Å². The number of benzene rings is 2. The highest BCUT2D eigenvalue weighted by molar-refractivity contribution is 5.98. The zero-order valence-electron chi connectivity index (χ0n) is 21.1. The molecule has 196 valence electrons. The molecule has 2 aromatic carbocycles. The molecule has 0 unspecified atom stereocenters. The number of carbonyl (C=O) groups is 2. The summed E-state index contributed by atoms with van der Waals surface area (Å²) in [6, 6.07) is 9.89. The van der Waals surface area contributed by atoms with Crippen LogP contribution in [0.2, 0.25) is 0 Å². The number of fused-ring (bicyclic) bond motifs is 1. The fourth-order valence-electron chi connectivity index (χ4n) is 4.98. The fraction of sp³-hybridized carbons (Fsp3) is 0.448. The van der Waals surface area contributed by atoms with Crippen LogP contribution in [0, 0.1) is 5.92 Å². The van der Waals surface area contributed by atoms with E-state index in [9.17, 15) is 22.8 Å². The summed E-state index contributed by atoms with van der Waals surface area (Å²) in [7, 11) is 0. The Bertz CT molecular complexity index is 1340. The van der Waals surface area contributed by atoms with Crippen LogP contribution in [0.15, 0.2) is 42.6 Å². The molecular formula is C29H31F3N2O3. The Morgan fingerprint density at radius 2 is 1.78 bits per heavy atom. The van der Waals surface area contributed by atoms with Crippen LogP contribution < -0.4 is 0 Å². The largest absolute Gasteiger partial charge is 0.465 e. The molecular weight excluding hydrogens is 481 g/mol. The molecule has 0 aliphatic heterocycles. The van der Waals surface area contributed by atoms with E-state index in [1.165, 1.54) is 11.6 Å². The van der Waals surface area contributed by atoms with Crippen molar-refractivity contribution in [1.82, 2.24) is 9.47 Å². The van der Waals surface area contributed by atoms with E-state index in [1.807, 2.05) is 19.2 Å². The maximum Gasteiger partial charge on any atom is 0.416 e. The Labute approximate surface area is 214 Å². The van der Waals surface area contributed by atoms with E-state index in [0.717, 1.165) is 54.3 Å². The summed E-state index contributed by atoms with van der Waals surface area (Å²) >= 11 is 0. The third-order valence-corrected chi connectivity index (χ3v) is 7.26. The maximum atomic E-state index is 13.7. The summed E-state index contributed by atoms with van der Waals surface area (Å²) in [4.78, 5) is 26.8. The quantitative estimate of drug-likeness (QED) is 0.307. The Morgan fingerprint density at radius 3 is 2.41 bits per heavy atom. The summed E-state index contributed by atoms with van der Waals surface area (Å²) in [6.07, 6.45) is 1.21. The molecule has 37 heavy (non-hydrogen) atoms. The molecule has 2 aliphatic carbocycles. The number of hydrogen-bond donors (Lipinski definition) is 0. The molecule has 0 atom stereocenters. The normalized spacial score (nSPS) is 15.7. The molecule has 0 bridgehead atoms. The lowest BCUT2D eigenvalue weighted by Crippen LogP contribution is -2.31. The minimum Gasteiger partial charge on any atom is -0.465 e. The number of amides is 1. The zero-order valence-corrected chi connectivity index (χ0v) is 21.1. The third-order valence-electron chi connectivity index (χ3n) is 7.26. The average molecular weight is 513 g/mol. The van der Waals surface area contributed by atoms with Gasteiger partial charge in [0.15, 0.2) is 0 Å². The van der Waals surface area contributed by atoms with Gasteiger partial charge >= 0.3 is 12.1 Å². The number of halogens is 3. The molecule has 2 aliphatic rings. The standard InChI is InChI=1S/C29H31F3N2O3/c1-3-33(28(36)19-7-8-19)15-21-13-22(29(30,31)32)10-11-23(21)25-16-34(17-27(35)37-4-2)26-12-9-20(14-24(25)26)18-5-6-18/h9-14,16,18-19H,3-8,15,17H2,1-2H3. The Balaban J connectivity index is 1.64. The van der Waals surface area contributed by atoms with Crippen molar-refractivity contribution in [3.63, 3.8) is 0 Å².